The highest BCUT2D eigenvalue weighted by Gasteiger charge is 2.43. The van der Waals surface area contributed by atoms with E-state index < -0.39 is 11.2 Å². The summed E-state index contributed by atoms with van der Waals surface area (Å²) in [5.41, 5.74) is 5.64. The molecule has 0 spiro atoms. The van der Waals surface area contributed by atoms with Crippen LogP contribution in [0.2, 0.25) is 5.04 Å². The number of hydrogen-bond donors (Lipinski definition) is 1. The number of nitrogen functional groups attached to an aromatic ring is 1. The quantitative estimate of drug-likeness (QED) is 0.748. The molecular weight excluding hydrogens is 384 g/mol. The Morgan fingerprint density at radius 2 is 1.79 bits per heavy atom. The van der Waals surface area contributed by atoms with Crippen molar-refractivity contribution < 1.29 is 14.0 Å². The van der Waals surface area contributed by atoms with Crippen LogP contribution < -0.4 is 10.6 Å². The van der Waals surface area contributed by atoms with Crippen LogP contribution in [0.5, 0.6) is 0 Å². The number of piperazine rings is 1. The number of carbonyl (C=O) groups is 1. The highest BCUT2D eigenvalue weighted by Crippen LogP contribution is 2.31. The summed E-state index contributed by atoms with van der Waals surface area (Å²) in [6, 6.07) is 3.60. The van der Waals surface area contributed by atoms with Crippen molar-refractivity contribution in [2.75, 3.05) is 30.3 Å². The number of rotatable bonds is 4. The molecule has 1 amide bonds. The van der Waals surface area contributed by atoms with Gasteiger partial charge in [0.2, 0.25) is 9.76 Å². The first-order valence-electron chi connectivity index (χ1n) is 10.1. The molecule has 0 aromatic carbocycles. The van der Waals surface area contributed by atoms with E-state index in [0.29, 0.717) is 35.2 Å². The van der Waals surface area contributed by atoms with Crippen molar-refractivity contribution in [3.05, 3.63) is 18.3 Å². The fourth-order valence-corrected chi connectivity index (χ4v) is 3.79. The molecule has 8 heteroatoms. The topological polar surface area (TPSA) is 80.9 Å². The predicted molar refractivity (Wildman–Crippen MR) is 118 cm³/mol. The van der Waals surface area contributed by atoms with E-state index in [1.165, 1.54) is 0 Å². The summed E-state index contributed by atoms with van der Waals surface area (Å²) in [7, 11) is 0.321. The maximum absolute atomic E-state index is 13.0. The predicted octanol–water partition coefficient (Wildman–Crippen LogP) is 3.72. The third-order valence-electron chi connectivity index (χ3n) is 4.57. The molecule has 1 aromatic heterocycles. The minimum absolute atomic E-state index is 0.0588. The van der Waals surface area contributed by atoms with Crippen molar-refractivity contribution in [2.24, 2.45) is 0 Å². The van der Waals surface area contributed by atoms with Crippen LogP contribution in [-0.4, -0.2) is 62.6 Å². The molecule has 2 rings (SSSR count). The van der Waals surface area contributed by atoms with Gasteiger partial charge in [0, 0.05) is 19.6 Å². The molecule has 7 nitrogen and oxygen atoms in total. The van der Waals surface area contributed by atoms with Crippen molar-refractivity contribution >= 4 is 27.4 Å². The average Bonchev–Trinajstić information content (AvgIpc) is 2.58. The molecule has 162 valence electrons. The second kappa shape index (κ2) is 8.51. The number of amides is 1. The van der Waals surface area contributed by atoms with Crippen molar-refractivity contribution in [3.8, 4) is 0 Å². The van der Waals surface area contributed by atoms with E-state index in [0.717, 1.165) is 5.69 Å². The monoisotopic (exact) mass is 420 g/mol. The first-order chi connectivity index (χ1) is 13.2. The van der Waals surface area contributed by atoms with Gasteiger partial charge in [0.25, 0.3) is 0 Å². The number of nitrogens with two attached hydrogens (primary N) is 1. The molecule has 1 saturated heterocycles. The van der Waals surface area contributed by atoms with Crippen molar-refractivity contribution in [1.29, 1.82) is 0 Å². The van der Waals surface area contributed by atoms with Gasteiger partial charge in [0.1, 0.15) is 11.4 Å². The van der Waals surface area contributed by atoms with E-state index in [1.54, 1.807) is 12.3 Å². The van der Waals surface area contributed by atoms with Gasteiger partial charge in [-0.2, -0.15) is 0 Å². The van der Waals surface area contributed by atoms with Crippen LogP contribution in [0.25, 0.3) is 0 Å². The molecule has 1 fully saturated rings. The Balaban J connectivity index is 2.27. The van der Waals surface area contributed by atoms with E-state index in [9.17, 15) is 4.79 Å². The lowest BCUT2D eigenvalue weighted by atomic mass is 9.94. The number of hydrogen-bond acceptors (Lipinski definition) is 6. The minimum Gasteiger partial charge on any atom is -0.444 e. The summed E-state index contributed by atoms with van der Waals surface area (Å²) in [6.07, 6.45) is 1.48. The number of aromatic nitrogens is 1. The van der Waals surface area contributed by atoms with Crippen LogP contribution in [-0.2, 0) is 9.16 Å². The smallest absolute Gasteiger partial charge is 0.410 e. The van der Waals surface area contributed by atoms with Gasteiger partial charge in [-0.25, -0.2) is 9.78 Å². The zero-order chi connectivity index (χ0) is 22.0. The molecule has 0 aliphatic carbocycles. The van der Waals surface area contributed by atoms with E-state index in [-0.39, 0.29) is 17.2 Å². The lowest BCUT2D eigenvalue weighted by Crippen LogP contribution is -2.64. The average molecular weight is 421 g/mol. The summed E-state index contributed by atoms with van der Waals surface area (Å²) < 4.78 is 12.1. The first-order valence-corrected chi connectivity index (χ1v) is 11.0. The van der Waals surface area contributed by atoms with Crippen molar-refractivity contribution in [3.63, 3.8) is 0 Å². The SMILES string of the molecule is CC(C)(C)OC(=O)N1CCN(c2ccc(N)nc2)C[C@@H]1C(C)(C)O[Si]C(C)(C)C. The van der Waals surface area contributed by atoms with Crippen LogP contribution in [0.15, 0.2) is 18.3 Å². The van der Waals surface area contributed by atoms with Crippen molar-refractivity contribution in [1.82, 2.24) is 9.88 Å². The Kier molecular flexibility index (Phi) is 6.89. The zero-order valence-electron chi connectivity index (χ0n) is 19.1. The van der Waals surface area contributed by atoms with E-state index >= 15 is 0 Å². The van der Waals surface area contributed by atoms with Gasteiger partial charge in [-0.15, -0.1) is 0 Å². The first kappa shape index (κ1) is 23.5. The van der Waals surface area contributed by atoms with Crippen LogP contribution in [0.3, 0.4) is 0 Å². The van der Waals surface area contributed by atoms with Gasteiger partial charge in [-0.05, 0) is 51.8 Å². The van der Waals surface area contributed by atoms with E-state index in [1.807, 2.05) is 31.7 Å². The van der Waals surface area contributed by atoms with Gasteiger partial charge in [0.15, 0.2) is 0 Å². The molecule has 1 aromatic rings. The molecule has 1 atom stereocenters. The Labute approximate surface area is 177 Å². The van der Waals surface area contributed by atoms with Gasteiger partial charge < -0.3 is 19.8 Å². The molecule has 1 aliphatic heterocycles. The molecule has 29 heavy (non-hydrogen) atoms. The lowest BCUT2D eigenvalue weighted by molar-refractivity contribution is -0.0296. The normalized spacial score (nSPS) is 18.7. The maximum Gasteiger partial charge on any atom is 0.410 e. The van der Waals surface area contributed by atoms with Gasteiger partial charge in [-0.1, -0.05) is 20.8 Å². The van der Waals surface area contributed by atoms with Crippen molar-refractivity contribution in [2.45, 2.75) is 77.7 Å². The summed E-state index contributed by atoms with van der Waals surface area (Å²) in [5.74, 6) is 0.493. The Hall–Kier alpha value is -1.80. The summed E-state index contributed by atoms with van der Waals surface area (Å²) in [6.45, 7) is 18.1. The number of ether oxygens (including phenoxy) is 1. The third-order valence-corrected chi connectivity index (χ3v) is 5.81. The van der Waals surface area contributed by atoms with Crippen LogP contribution in [0.4, 0.5) is 16.3 Å². The molecule has 0 saturated carbocycles. The summed E-state index contributed by atoms with van der Waals surface area (Å²) >= 11 is 0. The highest BCUT2D eigenvalue weighted by molar-refractivity contribution is 6.31. The fraction of sp³-hybridized carbons (Fsp3) is 0.714. The largest absolute Gasteiger partial charge is 0.444 e. The van der Waals surface area contributed by atoms with E-state index in [2.05, 4.69) is 44.5 Å². The zero-order valence-corrected chi connectivity index (χ0v) is 20.1. The third kappa shape index (κ3) is 6.89. The van der Waals surface area contributed by atoms with Gasteiger partial charge in [0.05, 0.1) is 23.5 Å². The molecule has 2 heterocycles. The van der Waals surface area contributed by atoms with E-state index in [4.69, 9.17) is 14.9 Å². The highest BCUT2D eigenvalue weighted by atomic mass is 28.2. The second-order valence-corrected chi connectivity index (χ2v) is 12.0. The molecule has 2 radical (unpaired) electrons. The van der Waals surface area contributed by atoms with Gasteiger partial charge in [-0.3, -0.25) is 4.90 Å². The van der Waals surface area contributed by atoms with Crippen LogP contribution in [0.1, 0.15) is 55.4 Å². The molecule has 0 unspecified atom stereocenters. The maximum atomic E-state index is 13.0. The number of carbonyl (C=O) groups excluding carboxylic acids is 1. The number of anilines is 2. The number of nitrogens with zero attached hydrogens (tertiary/aromatic N) is 3. The summed E-state index contributed by atoms with van der Waals surface area (Å²) in [4.78, 5) is 21.2. The Morgan fingerprint density at radius 1 is 1.14 bits per heavy atom. The fourth-order valence-electron chi connectivity index (χ4n) is 3.09. The molecular formula is C21H36N4O3Si. The number of pyridine rings is 1. The second-order valence-electron chi connectivity index (χ2n) is 10.1. The standard InChI is InChI=1S/C21H36N4O3Si/c1-19(2,3)27-18(26)25-12-11-24(15-9-10-17(22)23-13-15)14-16(25)21(7,8)28-29-20(4,5)6/h9-10,13,16H,11-12,14H2,1-8H3,(H2,22,23)/t16-/m1/s1. The lowest BCUT2D eigenvalue weighted by Gasteiger charge is -2.49. The van der Waals surface area contributed by atoms with Crippen LogP contribution in [0, 0.1) is 0 Å². The minimum atomic E-state index is -0.544. The van der Waals surface area contributed by atoms with Gasteiger partial charge >= 0.3 is 6.09 Å². The Morgan fingerprint density at radius 3 is 2.31 bits per heavy atom. The Bertz CT molecular complexity index is 695. The molecule has 2 N–H and O–H groups in total. The molecule has 1 aliphatic rings. The molecule has 0 bridgehead atoms. The summed E-state index contributed by atoms with van der Waals surface area (Å²) in [5, 5.41) is 0.0588. The van der Waals surface area contributed by atoms with Crippen LogP contribution >= 0.6 is 0 Å².